The van der Waals surface area contributed by atoms with Gasteiger partial charge < -0.3 is 23.8 Å². The molecule has 4 aromatic rings. The molecule has 11 nitrogen and oxygen atoms in total. The van der Waals surface area contributed by atoms with Crippen LogP contribution in [0.4, 0.5) is 28.4 Å². The molecule has 2 aromatic heterocycles. The molecule has 256 valence electrons. The van der Waals surface area contributed by atoms with Crippen molar-refractivity contribution >= 4 is 48.9 Å². The van der Waals surface area contributed by atoms with Crippen LogP contribution in [0.2, 0.25) is 0 Å². The van der Waals surface area contributed by atoms with Gasteiger partial charge in [0, 0.05) is 41.4 Å². The molecular weight excluding hydrogens is 680 g/mol. The summed E-state index contributed by atoms with van der Waals surface area (Å²) >= 11 is 1.27. The van der Waals surface area contributed by atoms with Gasteiger partial charge in [-0.25, -0.2) is 9.37 Å². The number of anilines is 2. The average Bonchev–Trinajstić information content (AvgIpc) is 3.53. The topological polar surface area (TPSA) is 135 Å². The molecule has 3 atom stereocenters. The van der Waals surface area contributed by atoms with Gasteiger partial charge in [0.05, 0.1) is 23.2 Å². The van der Waals surface area contributed by atoms with E-state index in [9.17, 15) is 26.4 Å². The molecule has 3 fully saturated rings. The van der Waals surface area contributed by atoms with Crippen molar-refractivity contribution in [2.24, 2.45) is 0 Å². The predicted octanol–water partition coefficient (Wildman–Crippen LogP) is 6.43. The second-order valence-electron chi connectivity index (χ2n) is 12.2. The summed E-state index contributed by atoms with van der Waals surface area (Å²) < 4.78 is 103. The quantitative estimate of drug-likeness (QED) is 0.0995. The minimum absolute atomic E-state index is 0.0591. The van der Waals surface area contributed by atoms with Crippen LogP contribution in [-0.4, -0.2) is 66.4 Å². The molecular formula is C31H30F4N4O7S2. The number of carbonyl (C=O) groups is 1. The number of hydrogen-bond donors (Lipinski definition) is 1. The molecule has 4 heterocycles. The third-order valence-electron chi connectivity index (χ3n) is 8.98. The molecule has 0 spiro atoms. The van der Waals surface area contributed by atoms with Crippen molar-refractivity contribution in [2.75, 3.05) is 22.1 Å². The average molecular weight is 711 g/mol. The Kier molecular flexibility index (Phi) is 8.58. The van der Waals surface area contributed by atoms with E-state index in [1.807, 2.05) is 0 Å². The summed E-state index contributed by atoms with van der Waals surface area (Å²) in [5.41, 5.74) is 1.33. The highest BCUT2D eigenvalue weighted by Crippen LogP contribution is 2.47. The van der Waals surface area contributed by atoms with Crippen molar-refractivity contribution in [3.8, 4) is 17.0 Å². The number of halogens is 4. The number of ether oxygens (including phenoxy) is 2. The van der Waals surface area contributed by atoms with Crippen molar-refractivity contribution in [1.29, 1.82) is 0 Å². The van der Waals surface area contributed by atoms with Crippen LogP contribution in [-0.2, 0) is 26.3 Å². The van der Waals surface area contributed by atoms with Crippen LogP contribution >= 0.6 is 11.3 Å². The first-order valence-electron chi connectivity index (χ1n) is 15.4. The first-order chi connectivity index (χ1) is 22.9. The highest BCUT2D eigenvalue weighted by atomic mass is 32.2. The van der Waals surface area contributed by atoms with Gasteiger partial charge in [0.2, 0.25) is 6.41 Å². The molecule has 1 N–H and O–H groups in total. The number of carbonyl (C=O) groups excluding carboxylic acids is 1. The van der Waals surface area contributed by atoms with Gasteiger partial charge in [-0.3, -0.25) is 9.35 Å². The summed E-state index contributed by atoms with van der Waals surface area (Å²) in [7, 11) is -4.32. The van der Waals surface area contributed by atoms with E-state index in [0.717, 1.165) is 36.6 Å². The standard InChI is InChI=1S/C31H30F4N4O7S2/c32-24-13-20(38(16-40)9-10-48(41,42)43)14-26-28(24)36-30(47-26)39-18-7-8-19(39)12-21(11-18)44-15-23-27(37-46-29(23)17-5-6-17)22-3-1-2-4-25(22)45-31(33,34)35/h1-4,13-14,16-19,21H,5-12,15H2,(H,41,42,43)/t18-,19+,21?. The summed E-state index contributed by atoms with van der Waals surface area (Å²) in [6.07, 6.45) is 0.194. The lowest BCUT2D eigenvalue weighted by Gasteiger charge is -2.38. The molecule has 0 radical (unpaired) electrons. The second-order valence-corrected chi connectivity index (χ2v) is 14.8. The second kappa shape index (κ2) is 12.6. The number of hydrogen-bond acceptors (Lipinski definition) is 10. The highest BCUT2D eigenvalue weighted by molar-refractivity contribution is 7.85. The zero-order chi connectivity index (χ0) is 33.8. The minimum Gasteiger partial charge on any atom is -0.405 e. The van der Waals surface area contributed by atoms with Crippen molar-refractivity contribution in [1.82, 2.24) is 10.1 Å². The molecule has 2 bridgehead atoms. The van der Waals surface area contributed by atoms with Gasteiger partial charge in [-0.1, -0.05) is 28.6 Å². The van der Waals surface area contributed by atoms with Crippen LogP contribution in [0.3, 0.4) is 0 Å². The summed E-state index contributed by atoms with van der Waals surface area (Å²) in [4.78, 5) is 19.4. The Hall–Kier alpha value is -3.80. The number of para-hydroxylation sites is 1. The van der Waals surface area contributed by atoms with Crippen LogP contribution in [0.5, 0.6) is 5.75 Å². The largest absolute Gasteiger partial charge is 0.573 e. The van der Waals surface area contributed by atoms with Gasteiger partial charge in [0.25, 0.3) is 10.1 Å². The number of aromatic nitrogens is 2. The molecule has 2 aliphatic heterocycles. The minimum atomic E-state index is -4.87. The van der Waals surface area contributed by atoms with Crippen LogP contribution in [0, 0.1) is 5.82 Å². The number of alkyl halides is 3. The van der Waals surface area contributed by atoms with Gasteiger partial charge in [-0.05, 0) is 62.8 Å². The van der Waals surface area contributed by atoms with Crippen LogP contribution in [0.1, 0.15) is 55.8 Å². The maximum atomic E-state index is 15.2. The van der Waals surface area contributed by atoms with E-state index in [-0.39, 0.29) is 65.5 Å². The fourth-order valence-electron chi connectivity index (χ4n) is 6.69. The molecule has 2 saturated heterocycles. The van der Waals surface area contributed by atoms with Crippen molar-refractivity contribution in [2.45, 2.75) is 75.6 Å². The van der Waals surface area contributed by atoms with E-state index < -0.39 is 28.1 Å². The first kappa shape index (κ1) is 32.7. The Morgan fingerprint density at radius 2 is 1.85 bits per heavy atom. The Bertz CT molecular complexity index is 1930. The first-order valence-corrected chi connectivity index (χ1v) is 17.8. The lowest BCUT2D eigenvalue weighted by Crippen LogP contribution is -2.45. The van der Waals surface area contributed by atoms with Crippen molar-refractivity contribution in [3.05, 3.63) is 53.5 Å². The number of thiazole rings is 1. The van der Waals surface area contributed by atoms with Gasteiger partial charge >= 0.3 is 6.36 Å². The molecule has 48 heavy (non-hydrogen) atoms. The van der Waals surface area contributed by atoms with Crippen LogP contribution in [0.25, 0.3) is 21.5 Å². The predicted molar refractivity (Wildman–Crippen MR) is 167 cm³/mol. The molecule has 7 rings (SSSR count). The maximum Gasteiger partial charge on any atom is 0.573 e. The zero-order valence-electron chi connectivity index (χ0n) is 25.2. The molecule has 1 aliphatic carbocycles. The number of fused-ring (bicyclic) bond motifs is 3. The van der Waals surface area contributed by atoms with E-state index in [0.29, 0.717) is 40.4 Å². The van der Waals surface area contributed by atoms with Crippen molar-refractivity contribution < 1.29 is 49.3 Å². The molecule has 1 amide bonds. The third-order valence-corrected chi connectivity index (χ3v) is 10.7. The molecule has 3 aliphatic rings. The van der Waals surface area contributed by atoms with E-state index >= 15 is 4.39 Å². The Morgan fingerprint density at radius 3 is 2.52 bits per heavy atom. The third kappa shape index (κ3) is 6.86. The monoisotopic (exact) mass is 710 g/mol. The fraction of sp³-hybridized carbons (Fsp3) is 0.452. The molecule has 1 unspecified atom stereocenters. The summed E-state index contributed by atoms with van der Waals surface area (Å²) in [5, 5.41) is 4.79. The zero-order valence-corrected chi connectivity index (χ0v) is 26.9. The lowest BCUT2D eigenvalue weighted by molar-refractivity contribution is -0.274. The smallest absolute Gasteiger partial charge is 0.405 e. The summed E-state index contributed by atoms with van der Waals surface area (Å²) in [6, 6.07) is 8.62. The van der Waals surface area contributed by atoms with E-state index in [4.69, 9.17) is 13.8 Å². The number of rotatable bonds is 12. The van der Waals surface area contributed by atoms with E-state index in [2.05, 4.69) is 19.8 Å². The van der Waals surface area contributed by atoms with Crippen molar-refractivity contribution in [3.63, 3.8) is 0 Å². The lowest BCUT2D eigenvalue weighted by atomic mass is 10.00. The van der Waals surface area contributed by atoms with Gasteiger partial charge in [0.15, 0.2) is 10.9 Å². The maximum absolute atomic E-state index is 15.2. The molecule has 1 saturated carbocycles. The molecule has 2 aromatic carbocycles. The Labute approximate surface area is 276 Å². The normalized spacial score (nSPS) is 21.2. The van der Waals surface area contributed by atoms with Gasteiger partial charge in [-0.2, -0.15) is 8.42 Å². The van der Waals surface area contributed by atoms with E-state index in [1.54, 1.807) is 12.1 Å². The number of nitrogens with zero attached hydrogens (tertiary/aromatic N) is 4. The highest BCUT2D eigenvalue weighted by Gasteiger charge is 2.43. The number of amides is 1. The van der Waals surface area contributed by atoms with Gasteiger partial charge in [0.1, 0.15) is 22.7 Å². The van der Waals surface area contributed by atoms with Gasteiger partial charge in [-0.15, -0.1) is 13.2 Å². The SMILES string of the molecule is O=CN(CCS(=O)(=O)O)c1cc(F)c2nc(N3[C@@H]4CC[C@H]3CC(OCc3c(-c5ccccc5OC(F)(F)F)noc3C3CC3)C4)sc2c1. The van der Waals surface area contributed by atoms with E-state index in [1.165, 1.54) is 29.5 Å². The number of piperidine rings is 1. The summed E-state index contributed by atoms with van der Waals surface area (Å²) in [6.45, 7) is -0.238. The fourth-order valence-corrected chi connectivity index (χ4v) is 8.27. The summed E-state index contributed by atoms with van der Waals surface area (Å²) in [5.74, 6) is -0.967. The Morgan fingerprint density at radius 1 is 1.12 bits per heavy atom. The van der Waals surface area contributed by atoms with Crippen LogP contribution in [0.15, 0.2) is 40.9 Å². The molecule has 17 heteroatoms. The Balaban J connectivity index is 1.08. The van der Waals surface area contributed by atoms with Crippen LogP contribution < -0.4 is 14.5 Å². The number of benzene rings is 2.